The molecule has 1 amide bonds. The Morgan fingerprint density at radius 2 is 2.00 bits per heavy atom. The third-order valence-corrected chi connectivity index (χ3v) is 4.70. The van der Waals surface area contributed by atoms with Crippen LogP contribution in [-0.2, 0) is 0 Å². The van der Waals surface area contributed by atoms with Crippen LogP contribution >= 0.6 is 11.3 Å². The van der Waals surface area contributed by atoms with E-state index >= 15 is 0 Å². The third kappa shape index (κ3) is 2.99. The van der Waals surface area contributed by atoms with Crippen LogP contribution in [0.4, 0.5) is 5.69 Å². The monoisotopic (exact) mass is 349 g/mol. The molecule has 0 aliphatic heterocycles. The Morgan fingerprint density at radius 1 is 1.20 bits per heavy atom. The molecule has 5 nitrogen and oxygen atoms in total. The minimum Gasteiger partial charge on any atom is -0.507 e. The van der Waals surface area contributed by atoms with Gasteiger partial charge in [-0.25, -0.2) is 4.98 Å². The lowest BCUT2D eigenvalue weighted by Gasteiger charge is -2.08. The highest BCUT2D eigenvalue weighted by molar-refractivity contribution is 7.15. The summed E-state index contributed by atoms with van der Waals surface area (Å²) < 4.78 is 1.98. The highest BCUT2D eigenvalue weighted by Crippen LogP contribution is 2.24. The molecule has 0 saturated heterocycles. The number of nitrogens with one attached hydrogen (secondary N) is 1. The molecule has 4 aromatic rings. The maximum atomic E-state index is 12.3. The molecule has 2 aromatic heterocycles. The van der Waals surface area contributed by atoms with Crippen LogP contribution in [0.2, 0.25) is 0 Å². The highest BCUT2D eigenvalue weighted by atomic mass is 32.1. The Bertz CT molecular complexity index is 1040. The second-order valence-electron chi connectivity index (χ2n) is 5.77. The molecule has 0 bridgehead atoms. The van der Waals surface area contributed by atoms with Gasteiger partial charge in [0.25, 0.3) is 5.91 Å². The highest BCUT2D eigenvalue weighted by Gasteiger charge is 2.12. The molecule has 0 atom stereocenters. The van der Waals surface area contributed by atoms with E-state index in [2.05, 4.69) is 10.3 Å². The smallest absolute Gasteiger partial charge is 0.259 e. The first-order chi connectivity index (χ1) is 12.1. The molecule has 0 radical (unpaired) electrons. The first-order valence-electron chi connectivity index (χ1n) is 7.74. The average molecular weight is 349 g/mol. The number of nitrogens with zero attached hydrogens (tertiary/aromatic N) is 2. The molecule has 0 aliphatic rings. The van der Waals surface area contributed by atoms with Gasteiger partial charge in [0.1, 0.15) is 5.75 Å². The number of aryl methyl sites for hydroxylation is 1. The van der Waals surface area contributed by atoms with E-state index in [1.807, 2.05) is 53.4 Å². The van der Waals surface area contributed by atoms with Gasteiger partial charge in [0.15, 0.2) is 4.96 Å². The van der Waals surface area contributed by atoms with E-state index in [4.69, 9.17) is 0 Å². The molecule has 0 unspecified atom stereocenters. The molecule has 2 N–H and O–H groups in total. The fourth-order valence-electron chi connectivity index (χ4n) is 2.62. The third-order valence-electron chi connectivity index (χ3n) is 3.93. The van der Waals surface area contributed by atoms with Gasteiger partial charge in [0.2, 0.25) is 0 Å². The van der Waals surface area contributed by atoms with Gasteiger partial charge in [-0.2, -0.15) is 0 Å². The van der Waals surface area contributed by atoms with Crippen molar-refractivity contribution in [2.75, 3.05) is 5.32 Å². The van der Waals surface area contributed by atoms with Gasteiger partial charge >= 0.3 is 0 Å². The van der Waals surface area contributed by atoms with Crippen molar-refractivity contribution in [3.05, 3.63) is 71.4 Å². The summed E-state index contributed by atoms with van der Waals surface area (Å²) in [5.74, 6) is -0.366. The molecule has 124 valence electrons. The van der Waals surface area contributed by atoms with Gasteiger partial charge in [-0.05, 0) is 31.2 Å². The Kier molecular flexibility index (Phi) is 3.74. The van der Waals surface area contributed by atoms with Crippen molar-refractivity contribution in [1.82, 2.24) is 9.38 Å². The molecule has 6 heteroatoms. The number of thiazole rings is 1. The first-order valence-corrected chi connectivity index (χ1v) is 8.62. The van der Waals surface area contributed by atoms with Crippen molar-refractivity contribution >= 4 is 27.9 Å². The summed E-state index contributed by atoms with van der Waals surface area (Å²) in [5.41, 5.74) is 3.71. The van der Waals surface area contributed by atoms with Crippen LogP contribution < -0.4 is 5.32 Å². The molecular formula is C19H15N3O2S. The van der Waals surface area contributed by atoms with E-state index in [9.17, 15) is 9.90 Å². The number of hydrogen-bond acceptors (Lipinski definition) is 4. The first kappa shape index (κ1) is 15.4. The summed E-state index contributed by atoms with van der Waals surface area (Å²) in [6, 6.07) is 12.4. The van der Waals surface area contributed by atoms with Gasteiger partial charge in [-0.15, -0.1) is 11.3 Å². The topological polar surface area (TPSA) is 66.6 Å². The Balaban J connectivity index is 1.55. The van der Waals surface area contributed by atoms with E-state index in [-0.39, 0.29) is 17.2 Å². The van der Waals surface area contributed by atoms with Crippen LogP contribution in [0.1, 0.15) is 15.9 Å². The number of rotatable bonds is 3. The minimum atomic E-state index is -0.337. The van der Waals surface area contributed by atoms with E-state index < -0.39 is 0 Å². The van der Waals surface area contributed by atoms with Crippen LogP contribution in [0.15, 0.2) is 60.2 Å². The second kappa shape index (κ2) is 6.07. The minimum absolute atomic E-state index is 0.0298. The standard InChI is InChI=1S/C19H15N3O2S/c1-12-2-7-17(23)15(10-12)18(24)20-14-5-3-13(4-6-14)16-11-22-8-9-25-19(22)21-16/h2-11,23H,1H3,(H,20,24). The Labute approximate surface area is 148 Å². The summed E-state index contributed by atoms with van der Waals surface area (Å²) in [6.45, 7) is 1.88. The molecule has 25 heavy (non-hydrogen) atoms. The lowest BCUT2D eigenvalue weighted by Crippen LogP contribution is -2.12. The van der Waals surface area contributed by atoms with Crippen LogP contribution in [0.5, 0.6) is 5.75 Å². The quantitative estimate of drug-likeness (QED) is 0.578. The van der Waals surface area contributed by atoms with Gasteiger partial charge in [-0.1, -0.05) is 23.8 Å². The number of phenolic OH excluding ortho intramolecular Hbond substituents is 1. The van der Waals surface area contributed by atoms with Gasteiger partial charge in [0.05, 0.1) is 11.3 Å². The summed E-state index contributed by atoms with van der Waals surface area (Å²) in [7, 11) is 0. The van der Waals surface area contributed by atoms with Crippen LogP contribution in [0.25, 0.3) is 16.2 Å². The van der Waals surface area contributed by atoms with Crippen molar-refractivity contribution in [2.24, 2.45) is 0 Å². The number of carbonyl (C=O) groups excluding carboxylic acids is 1. The number of hydrogen-bond donors (Lipinski definition) is 2. The largest absolute Gasteiger partial charge is 0.507 e. The zero-order valence-electron chi connectivity index (χ0n) is 13.4. The van der Waals surface area contributed by atoms with Crippen molar-refractivity contribution in [3.63, 3.8) is 0 Å². The molecule has 0 spiro atoms. The van der Waals surface area contributed by atoms with E-state index in [1.54, 1.807) is 23.5 Å². The van der Waals surface area contributed by atoms with Crippen LogP contribution in [-0.4, -0.2) is 20.4 Å². The summed E-state index contributed by atoms with van der Waals surface area (Å²) >= 11 is 1.59. The molecule has 2 heterocycles. The second-order valence-corrected chi connectivity index (χ2v) is 6.64. The maximum absolute atomic E-state index is 12.3. The predicted octanol–water partition coefficient (Wildman–Crippen LogP) is 4.33. The number of fused-ring (bicyclic) bond motifs is 1. The fourth-order valence-corrected chi connectivity index (χ4v) is 3.32. The van der Waals surface area contributed by atoms with Crippen molar-refractivity contribution in [2.45, 2.75) is 6.92 Å². The predicted molar refractivity (Wildman–Crippen MR) is 99.3 cm³/mol. The van der Waals surface area contributed by atoms with Crippen molar-refractivity contribution < 1.29 is 9.90 Å². The van der Waals surface area contributed by atoms with E-state index in [1.165, 1.54) is 6.07 Å². The lowest BCUT2D eigenvalue weighted by molar-refractivity contribution is 0.102. The van der Waals surface area contributed by atoms with Gasteiger partial charge < -0.3 is 10.4 Å². The molecule has 0 saturated carbocycles. The van der Waals surface area contributed by atoms with Crippen LogP contribution in [0, 0.1) is 6.92 Å². The van der Waals surface area contributed by atoms with Gasteiger partial charge in [-0.3, -0.25) is 9.20 Å². The molecule has 2 aromatic carbocycles. The molecule has 0 aliphatic carbocycles. The Morgan fingerprint density at radius 3 is 2.76 bits per heavy atom. The van der Waals surface area contributed by atoms with E-state index in [0.717, 1.165) is 21.8 Å². The number of aromatic hydroxyl groups is 1. The van der Waals surface area contributed by atoms with Crippen molar-refractivity contribution in [3.8, 4) is 17.0 Å². The molecule has 0 fully saturated rings. The normalized spacial score (nSPS) is 10.9. The zero-order chi connectivity index (χ0) is 17.4. The van der Waals surface area contributed by atoms with Gasteiger partial charge in [0, 0.05) is 29.0 Å². The average Bonchev–Trinajstić information content (AvgIpc) is 3.19. The maximum Gasteiger partial charge on any atom is 0.259 e. The van der Waals surface area contributed by atoms with E-state index in [0.29, 0.717) is 5.69 Å². The SMILES string of the molecule is Cc1ccc(O)c(C(=O)Nc2ccc(-c3cn4ccsc4n3)cc2)c1. The number of carbonyl (C=O) groups is 1. The number of phenols is 1. The number of aromatic nitrogens is 2. The number of amides is 1. The molecular weight excluding hydrogens is 334 g/mol. The summed E-state index contributed by atoms with van der Waals surface area (Å²) in [5, 5.41) is 14.7. The fraction of sp³-hybridized carbons (Fsp3) is 0.0526. The Hall–Kier alpha value is -3.12. The number of imidazole rings is 1. The summed E-state index contributed by atoms with van der Waals surface area (Å²) in [6.07, 6.45) is 3.95. The number of anilines is 1. The van der Waals surface area contributed by atoms with Crippen molar-refractivity contribution in [1.29, 1.82) is 0 Å². The molecule has 4 rings (SSSR count). The lowest BCUT2D eigenvalue weighted by atomic mass is 10.1. The summed E-state index contributed by atoms with van der Waals surface area (Å²) in [4.78, 5) is 17.8. The zero-order valence-corrected chi connectivity index (χ0v) is 14.2. The van der Waals surface area contributed by atoms with Crippen LogP contribution in [0.3, 0.4) is 0 Å². The number of benzene rings is 2.